The number of benzene rings is 1. The molecule has 1 atom stereocenters. The van der Waals surface area contributed by atoms with Crippen molar-refractivity contribution in [2.45, 2.75) is 32.9 Å². The van der Waals surface area contributed by atoms with E-state index >= 15 is 0 Å². The average molecular weight is 308 g/mol. The first-order chi connectivity index (χ1) is 8.61. The van der Waals surface area contributed by atoms with Gasteiger partial charge in [-0.05, 0) is 30.5 Å². The molecule has 0 fully saturated rings. The van der Waals surface area contributed by atoms with E-state index in [1.807, 2.05) is 17.1 Å². The summed E-state index contributed by atoms with van der Waals surface area (Å²) in [6.07, 6.45) is 4.96. The highest BCUT2D eigenvalue weighted by Crippen LogP contribution is 2.27. The number of nitrogens with two attached hydrogens (primary N) is 1. The van der Waals surface area contributed by atoms with Crippen LogP contribution in [-0.4, -0.2) is 9.78 Å². The molecule has 18 heavy (non-hydrogen) atoms. The van der Waals surface area contributed by atoms with Gasteiger partial charge in [0.2, 0.25) is 0 Å². The zero-order valence-electron chi connectivity index (χ0n) is 10.7. The lowest BCUT2D eigenvalue weighted by molar-refractivity contribution is 0.602. The van der Waals surface area contributed by atoms with Gasteiger partial charge in [0.05, 0.1) is 12.2 Å². The van der Waals surface area contributed by atoms with Crippen LogP contribution in [0.15, 0.2) is 35.1 Å². The predicted molar refractivity (Wildman–Crippen MR) is 77.4 cm³/mol. The first kappa shape index (κ1) is 13.3. The molecule has 0 spiro atoms. The van der Waals surface area contributed by atoms with Crippen LogP contribution < -0.4 is 5.73 Å². The highest BCUT2D eigenvalue weighted by atomic mass is 79.9. The molecule has 0 saturated heterocycles. The van der Waals surface area contributed by atoms with Crippen LogP contribution >= 0.6 is 15.9 Å². The smallest absolute Gasteiger partial charge is 0.0594 e. The van der Waals surface area contributed by atoms with Crippen LogP contribution in [0.5, 0.6) is 0 Å². The molecule has 2 N–H and O–H groups in total. The summed E-state index contributed by atoms with van der Waals surface area (Å²) in [5.41, 5.74) is 9.66. The van der Waals surface area contributed by atoms with Crippen molar-refractivity contribution in [1.82, 2.24) is 9.78 Å². The van der Waals surface area contributed by atoms with E-state index in [9.17, 15) is 0 Å². The Bertz CT molecular complexity index is 534. The lowest BCUT2D eigenvalue weighted by atomic mass is 10.0. The number of nitrogens with zero attached hydrogens (tertiary/aromatic N) is 2. The Morgan fingerprint density at radius 1 is 1.44 bits per heavy atom. The summed E-state index contributed by atoms with van der Waals surface area (Å²) in [6.45, 7) is 5.14. The SMILES string of the molecule is CCCn1cc(C(N)c2ccc(C)cc2Br)cn1. The van der Waals surface area contributed by atoms with E-state index in [0.717, 1.165) is 28.6 Å². The summed E-state index contributed by atoms with van der Waals surface area (Å²) in [5, 5.41) is 4.32. The molecule has 0 saturated carbocycles. The number of rotatable bonds is 4. The number of hydrogen-bond acceptors (Lipinski definition) is 2. The largest absolute Gasteiger partial charge is 0.320 e. The lowest BCUT2D eigenvalue weighted by Crippen LogP contribution is -2.12. The van der Waals surface area contributed by atoms with Crippen molar-refractivity contribution in [1.29, 1.82) is 0 Å². The molecule has 1 heterocycles. The average Bonchev–Trinajstić information content (AvgIpc) is 2.77. The molecule has 0 bridgehead atoms. The molecule has 1 unspecified atom stereocenters. The third-order valence-corrected chi connectivity index (χ3v) is 3.64. The molecule has 2 rings (SSSR count). The van der Waals surface area contributed by atoms with Gasteiger partial charge in [0.25, 0.3) is 0 Å². The van der Waals surface area contributed by atoms with Gasteiger partial charge in [0.15, 0.2) is 0 Å². The number of aromatic nitrogens is 2. The standard InChI is InChI=1S/C14H18BrN3/c1-3-6-18-9-11(8-17-18)14(16)12-5-4-10(2)7-13(12)15/h4-5,7-9,14H,3,6,16H2,1-2H3. The van der Waals surface area contributed by atoms with E-state index in [2.05, 4.69) is 53.1 Å². The van der Waals surface area contributed by atoms with Gasteiger partial charge in [-0.15, -0.1) is 0 Å². The third-order valence-electron chi connectivity index (χ3n) is 2.96. The minimum absolute atomic E-state index is 0.134. The number of aryl methyl sites for hydroxylation is 2. The van der Waals surface area contributed by atoms with Gasteiger partial charge in [-0.1, -0.05) is 35.0 Å². The molecule has 3 nitrogen and oxygen atoms in total. The Morgan fingerprint density at radius 3 is 2.89 bits per heavy atom. The molecule has 0 amide bonds. The molecule has 2 aromatic rings. The molecular weight excluding hydrogens is 290 g/mol. The Balaban J connectivity index is 2.26. The van der Waals surface area contributed by atoms with Crippen LogP contribution in [-0.2, 0) is 6.54 Å². The molecule has 4 heteroatoms. The summed E-state index contributed by atoms with van der Waals surface area (Å²) in [6, 6.07) is 6.11. The van der Waals surface area contributed by atoms with Crippen molar-refractivity contribution in [2.75, 3.05) is 0 Å². The minimum Gasteiger partial charge on any atom is -0.320 e. The van der Waals surface area contributed by atoms with E-state index in [1.165, 1.54) is 5.56 Å². The van der Waals surface area contributed by atoms with Crippen LogP contribution in [0.1, 0.15) is 36.1 Å². The Kier molecular flexibility index (Phi) is 4.19. The minimum atomic E-state index is -0.134. The van der Waals surface area contributed by atoms with Gasteiger partial charge in [0, 0.05) is 22.8 Å². The van der Waals surface area contributed by atoms with Gasteiger partial charge < -0.3 is 5.73 Å². The monoisotopic (exact) mass is 307 g/mol. The zero-order chi connectivity index (χ0) is 13.1. The van der Waals surface area contributed by atoms with Gasteiger partial charge in [-0.3, -0.25) is 4.68 Å². The predicted octanol–water partition coefficient (Wildman–Crippen LogP) is 3.41. The van der Waals surface area contributed by atoms with Crippen LogP contribution in [0.25, 0.3) is 0 Å². The Labute approximate surface area is 116 Å². The summed E-state index contributed by atoms with van der Waals surface area (Å²) >= 11 is 3.58. The topological polar surface area (TPSA) is 43.8 Å². The van der Waals surface area contributed by atoms with E-state index in [1.54, 1.807) is 0 Å². The fourth-order valence-corrected chi connectivity index (χ4v) is 2.70. The summed E-state index contributed by atoms with van der Waals surface area (Å²) < 4.78 is 3.00. The maximum Gasteiger partial charge on any atom is 0.0594 e. The molecule has 1 aromatic heterocycles. The third kappa shape index (κ3) is 2.82. The number of hydrogen-bond donors (Lipinski definition) is 1. The maximum absolute atomic E-state index is 6.29. The Hall–Kier alpha value is -1.13. The van der Waals surface area contributed by atoms with Crippen molar-refractivity contribution in [3.8, 4) is 0 Å². The normalized spacial score (nSPS) is 12.7. The summed E-state index contributed by atoms with van der Waals surface area (Å²) in [5.74, 6) is 0. The van der Waals surface area contributed by atoms with Gasteiger partial charge in [0.1, 0.15) is 0 Å². The first-order valence-electron chi connectivity index (χ1n) is 6.15. The van der Waals surface area contributed by atoms with E-state index < -0.39 is 0 Å². The molecule has 1 aromatic carbocycles. The second-order valence-electron chi connectivity index (χ2n) is 4.54. The highest BCUT2D eigenvalue weighted by molar-refractivity contribution is 9.10. The van der Waals surface area contributed by atoms with Crippen LogP contribution in [0.4, 0.5) is 0 Å². The van der Waals surface area contributed by atoms with Gasteiger partial charge in [-0.25, -0.2) is 0 Å². The molecule has 0 radical (unpaired) electrons. The van der Waals surface area contributed by atoms with Crippen molar-refractivity contribution in [3.63, 3.8) is 0 Å². The second-order valence-corrected chi connectivity index (χ2v) is 5.39. The van der Waals surface area contributed by atoms with E-state index in [-0.39, 0.29) is 6.04 Å². The zero-order valence-corrected chi connectivity index (χ0v) is 12.3. The molecular formula is C14H18BrN3. The lowest BCUT2D eigenvalue weighted by Gasteiger charge is -2.12. The number of halogens is 1. The highest BCUT2D eigenvalue weighted by Gasteiger charge is 2.14. The van der Waals surface area contributed by atoms with Crippen LogP contribution in [0.3, 0.4) is 0 Å². The quantitative estimate of drug-likeness (QED) is 0.940. The maximum atomic E-state index is 6.29. The van der Waals surface area contributed by atoms with Crippen molar-refractivity contribution < 1.29 is 0 Å². The fourth-order valence-electron chi connectivity index (χ4n) is 1.96. The first-order valence-corrected chi connectivity index (χ1v) is 6.95. The summed E-state index contributed by atoms with van der Waals surface area (Å²) in [4.78, 5) is 0. The van der Waals surface area contributed by atoms with Crippen LogP contribution in [0, 0.1) is 6.92 Å². The van der Waals surface area contributed by atoms with Crippen LogP contribution in [0.2, 0.25) is 0 Å². The molecule has 0 aliphatic heterocycles. The summed E-state index contributed by atoms with van der Waals surface area (Å²) in [7, 11) is 0. The van der Waals surface area contributed by atoms with Crippen molar-refractivity contribution in [2.24, 2.45) is 5.73 Å². The van der Waals surface area contributed by atoms with Crippen molar-refractivity contribution >= 4 is 15.9 Å². The Morgan fingerprint density at radius 2 is 2.22 bits per heavy atom. The second kappa shape index (κ2) is 5.67. The van der Waals surface area contributed by atoms with Crippen molar-refractivity contribution in [3.05, 3.63) is 51.8 Å². The fraction of sp³-hybridized carbons (Fsp3) is 0.357. The van der Waals surface area contributed by atoms with E-state index in [4.69, 9.17) is 5.73 Å². The molecule has 0 aliphatic rings. The molecule has 96 valence electrons. The molecule has 0 aliphatic carbocycles. The van der Waals surface area contributed by atoms with E-state index in [0.29, 0.717) is 0 Å². The van der Waals surface area contributed by atoms with Gasteiger partial charge in [-0.2, -0.15) is 5.10 Å². The van der Waals surface area contributed by atoms with Gasteiger partial charge >= 0.3 is 0 Å².